The molecule has 1 atom stereocenters. The molecule has 0 heterocycles. The van der Waals surface area contributed by atoms with Crippen molar-refractivity contribution in [3.8, 4) is 5.75 Å². The fourth-order valence-corrected chi connectivity index (χ4v) is 3.88. The molecule has 2 aliphatic rings. The minimum atomic E-state index is -0.0661. The van der Waals surface area contributed by atoms with Crippen LogP contribution in [-0.4, -0.2) is 31.0 Å². The number of aryl methyl sites for hydroxylation is 1. The molecule has 2 aromatic rings. The Morgan fingerprint density at radius 2 is 1.79 bits per heavy atom. The van der Waals surface area contributed by atoms with E-state index in [0.29, 0.717) is 18.3 Å². The molecule has 1 fully saturated rings. The molecule has 2 N–H and O–H groups in total. The SMILES string of the molecule is O=C(COc1ccc(CCNC(=O)C2CCCc3ccccc32)cc1)NC1CC1. The van der Waals surface area contributed by atoms with Gasteiger partial charge in [0.05, 0.1) is 5.92 Å². The standard InChI is InChI=1S/C24H28N2O3/c27-23(26-19-10-11-19)16-29-20-12-8-17(9-13-20)14-15-25-24(28)22-7-3-5-18-4-1-2-6-21(18)22/h1-2,4,6,8-9,12-13,19,22H,3,5,7,10-11,14-16H2,(H,25,28)(H,26,27). The number of rotatable bonds is 8. The first-order valence-corrected chi connectivity index (χ1v) is 10.6. The zero-order valence-corrected chi connectivity index (χ0v) is 16.7. The van der Waals surface area contributed by atoms with E-state index in [1.54, 1.807) is 0 Å². The molecule has 0 aromatic heterocycles. The van der Waals surface area contributed by atoms with Gasteiger partial charge in [0, 0.05) is 12.6 Å². The Balaban J connectivity index is 1.21. The van der Waals surface area contributed by atoms with Crippen LogP contribution < -0.4 is 15.4 Å². The van der Waals surface area contributed by atoms with Gasteiger partial charge < -0.3 is 15.4 Å². The Morgan fingerprint density at radius 3 is 2.59 bits per heavy atom. The van der Waals surface area contributed by atoms with Crippen molar-refractivity contribution in [1.29, 1.82) is 0 Å². The van der Waals surface area contributed by atoms with Crippen molar-refractivity contribution in [2.75, 3.05) is 13.2 Å². The van der Waals surface area contributed by atoms with Crippen LogP contribution in [0.2, 0.25) is 0 Å². The maximum atomic E-state index is 12.7. The monoisotopic (exact) mass is 392 g/mol. The van der Waals surface area contributed by atoms with Crippen LogP contribution in [0.4, 0.5) is 0 Å². The molecule has 152 valence electrons. The maximum absolute atomic E-state index is 12.7. The van der Waals surface area contributed by atoms with Crippen LogP contribution in [-0.2, 0) is 22.4 Å². The normalized spacial score (nSPS) is 17.9. The molecule has 1 saturated carbocycles. The second-order valence-corrected chi connectivity index (χ2v) is 7.96. The molecule has 2 aliphatic carbocycles. The van der Waals surface area contributed by atoms with Crippen molar-refractivity contribution in [3.05, 3.63) is 65.2 Å². The van der Waals surface area contributed by atoms with Gasteiger partial charge in [-0.1, -0.05) is 36.4 Å². The van der Waals surface area contributed by atoms with Gasteiger partial charge in [0.1, 0.15) is 5.75 Å². The number of hydrogen-bond acceptors (Lipinski definition) is 3. The topological polar surface area (TPSA) is 67.4 Å². The van der Waals surface area contributed by atoms with E-state index < -0.39 is 0 Å². The van der Waals surface area contributed by atoms with Gasteiger partial charge in [-0.3, -0.25) is 9.59 Å². The van der Waals surface area contributed by atoms with Gasteiger partial charge in [-0.15, -0.1) is 0 Å². The highest BCUT2D eigenvalue weighted by Crippen LogP contribution is 2.31. The Hall–Kier alpha value is -2.82. The first-order valence-electron chi connectivity index (χ1n) is 10.6. The third-order valence-corrected chi connectivity index (χ3v) is 5.63. The zero-order valence-electron chi connectivity index (χ0n) is 16.7. The van der Waals surface area contributed by atoms with E-state index in [9.17, 15) is 9.59 Å². The van der Waals surface area contributed by atoms with E-state index in [1.807, 2.05) is 36.4 Å². The van der Waals surface area contributed by atoms with Gasteiger partial charge in [-0.25, -0.2) is 0 Å². The van der Waals surface area contributed by atoms with Gasteiger partial charge in [0.2, 0.25) is 5.91 Å². The van der Waals surface area contributed by atoms with Crippen LogP contribution in [0.5, 0.6) is 5.75 Å². The number of hydrogen-bond donors (Lipinski definition) is 2. The lowest BCUT2D eigenvalue weighted by Gasteiger charge is -2.24. The smallest absolute Gasteiger partial charge is 0.258 e. The Morgan fingerprint density at radius 1 is 1.00 bits per heavy atom. The highest BCUT2D eigenvalue weighted by Gasteiger charge is 2.25. The molecule has 0 radical (unpaired) electrons. The van der Waals surface area contributed by atoms with Gasteiger partial charge >= 0.3 is 0 Å². The second-order valence-electron chi connectivity index (χ2n) is 7.96. The van der Waals surface area contributed by atoms with E-state index in [4.69, 9.17) is 4.74 Å². The molecule has 0 bridgehead atoms. The Bertz CT molecular complexity index is 859. The summed E-state index contributed by atoms with van der Waals surface area (Å²) in [6.07, 6.45) is 5.96. The Kier molecular flexibility index (Phi) is 6.13. The van der Waals surface area contributed by atoms with E-state index in [-0.39, 0.29) is 24.3 Å². The number of carbonyl (C=O) groups is 2. The summed E-state index contributed by atoms with van der Waals surface area (Å²) in [5, 5.41) is 6.00. The number of carbonyl (C=O) groups excluding carboxylic acids is 2. The van der Waals surface area contributed by atoms with Crippen molar-refractivity contribution in [2.24, 2.45) is 0 Å². The average molecular weight is 392 g/mol. The molecule has 5 heteroatoms. The van der Waals surface area contributed by atoms with Crippen LogP contribution >= 0.6 is 0 Å². The van der Waals surface area contributed by atoms with E-state index >= 15 is 0 Å². The van der Waals surface area contributed by atoms with Gasteiger partial charge in [-0.05, 0) is 67.3 Å². The molecule has 0 aliphatic heterocycles. The number of ether oxygens (including phenoxy) is 1. The van der Waals surface area contributed by atoms with E-state index in [1.165, 1.54) is 11.1 Å². The summed E-state index contributed by atoms with van der Waals surface area (Å²) in [5.41, 5.74) is 3.62. The van der Waals surface area contributed by atoms with Crippen LogP contribution in [0.3, 0.4) is 0 Å². The molecule has 1 unspecified atom stereocenters. The fraction of sp³-hybridized carbons (Fsp3) is 0.417. The molecule has 5 nitrogen and oxygen atoms in total. The van der Waals surface area contributed by atoms with Gasteiger partial charge in [0.25, 0.3) is 5.91 Å². The van der Waals surface area contributed by atoms with Crippen LogP contribution in [0, 0.1) is 0 Å². The number of benzene rings is 2. The van der Waals surface area contributed by atoms with Crippen molar-refractivity contribution in [3.63, 3.8) is 0 Å². The summed E-state index contributed by atoms with van der Waals surface area (Å²) in [7, 11) is 0. The lowest BCUT2D eigenvalue weighted by molar-refractivity contribution is -0.123. The molecule has 2 aromatic carbocycles. The van der Waals surface area contributed by atoms with E-state index in [0.717, 1.165) is 44.1 Å². The van der Waals surface area contributed by atoms with Crippen LogP contribution in [0.25, 0.3) is 0 Å². The van der Waals surface area contributed by atoms with Gasteiger partial charge in [0.15, 0.2) is 6.61 Å². The molecule has 2 amide bonds. The quantitative estimate of drug-likeness (QED) is 0.725. The summed E-state index contributed by atoms with van der Waals surface area (Å²) in [6, 6.07) is 16.3. The minimum Gasteiger partial charge on any atom is -0.484 e. The Labute approximate surface area is 171 Å². The maximum Gasteiger partial charge on any atom is 0.258 e. The van der Waals surface area contributed by atoms with Crippen LogP contribution in [0.1, 0.15) is 48.3 Å². The predicted octanol–water partition coefficient (Wildman–Crippen LogP) is 3.12. The molecule has 0 spiro atoms. The summed E-state index contributed by atoms with van der Waals surface area (Å²) in [5.74, 6) is 0.711. The zero-order chi connectivity index (χ0) is 20.1. The summed E-state index contributed by atoms with van der Waals surface area (Å²) < 4.78 is 5.52. The highest BCUT2D eigenvalue weighted by molar-refractivity contribution is 5.84. The van der Waals surface area contributed by atoms with Crippen LogP contribution in [0.15, 0.2) is 48.5 Å². The molecular formula is C24H28N2O3. The minimum absolute atomic E-state index is 0.0301. The third-order valence-electron chi connectivity index (χ3n) is 5.63. The van der Waals surface area contributed by atoms with E-state index in [2.05, 4.69) is 22.8 Å². The first kappa shape index (κ1) is 19.5. The predicted molar refractivity (Wildman–Crippen MR) is 112 cm³/mol. The molecular weight excluding hydrogens is 364 g/mol. The highest BCUT2D eigenvalue weighted by atomic mass is 16.5. The fourth-order valence-electron chi connectivity index (χ4n) is 3.88. The summed E-state index contributed by atoms with van der Waals surface area (Å²) in [4.78, 5) is 24.3. The second kappa shape index (κ2) is 9.12. The largest absolute Gasteiger partial charge is 0.484 e. The van der Waals surface area contributed by atoms with Gasteiger partial charge in [-0.2, -0.15) is 0 Å². The molecule has 4 rings (SSSR count). The first-order chi connectivity index (χ1) is 14.2. The van der Waals surface area contributed by atoms with Crippen molar-refractivity contribution >= 4 is 11.8 Å². The number of amides is 2. The number of fused-ring (bicyclic) bond motifs is 1. The van der Waals surface area contributed by atoms with Crippen molar-refractivity contribution < 1.29 is 14.3 Å². The number of nitrogens with one attached hydrogen (secondary N) is 2. The van der Waals surface area contributed by atoms with Crippen molar-refractivity contribution in [1.82, 2.24) is 10.6 Å². The average Bonchev–Trinajstić information content (AvgIpc) is 3.56. The molecule has 0 saturated heterocycles. The summed E-state index contributed by atoms with van der Waals surface area (Å²) >= 11 is 0. The molecule has 29 heavy (non-hydrogen) atoms. The summed E-state index contributed by atoms with van der Waals surface area (Å²) in [6.45, 7) is 0.663. The lowest BCUT2D eigenvalue weighted by atomic mass is 9.82. The van der Waals surface area contributed by atoms with Crippen molar-refractivity contribution in [2.45, 2.75) is 50.5 Å². The third kappa shape index (κ3) is 5.37. The lowest BCUT2D eigenvalue weighted by Crippen LogP contribution is -2.32.